The van der Waals surface area contributed by atoms with Crippen molar-refractivity contribution in [2.24, 2.45) is 0 Å². The lowest BCUT2D eigenvalue weighted by Crippen LogP contribution is -2.04. The van der Waals surface area contributed by atoms with Crippen molar-refractivity contribution in [2.45, 2.75) is 17.5 Å². The maximum Gasteiger partial charge on any atom is 0.258 e. The van der Waals surface area contributed by atoms with Crippen molar-refractivity contribution >= 4 is 23.1 Å². The largest absolute Gasteiger partial charge is 0.383 e. The highest BCUT2D eigenvalue weighted by atomic mass is 32.2. The molecule has 0 aliphatic carbocycles. The number of hydrogen-bond acceptors (Lipinski definition) is 8. The summed E-state index contributed by atoms with van der Waals surface area (Å²) in [6, 6.07) is 1.95. The Balaban J connectivity index is 1.62. The first kappa shape index (κ1) is 14.2. The van der Waals surface area contributed by atoms with Crippen LogP contribution in [-0.2, 0) is 17.0 Å². The van der Waals surface area contributed by atoms with Crippen LogP contribution in [0.2, 0.25) is 0 Å². The maximum absolute atomic E-state index is 5.24. The Hall–Kier alpha value is -1.71. The molecule has 3 heterocycles. The zero-order valence-electron chi connectivity index (χ0n) is 11.3. The van der Waals surface area contributed by atoms with Crippen molar-refractivity contribution in [3.63, 3.8) is 0 Å². The smallest absolute Gasteiger partial charge is 0.258 e. The van der Waals surface area contributed by atoms with E-state index < -0.39 is 0 Å². The van der Waals surface area contributed by atoms with Crippen LogP contribution >= 0.6 is 23.1 Å². The third-order valence-corrected chi connectivity index (χ3v) is 4.34. The Morgan fingerprint density at radius 3 is 3.24 bits per heavy atom. The number of aromatic nitrogens is 5. The van der Waals surface area contributed by atoms with Crippen LogP contribution in [0, 0.1) is 0 Å². The van der Waals surface area contributed by atoms with Gasteiger partial charge in [0.25, 0.3) is 5.89 Å². The number of rotatable bonds is 7. The second kappa shape index (κ2) is 6.83. The second-order valence-electron chi connectivity index (χ2n) is 4.12. The number of ether oxygens (including phenoxy) is 1. The summed E-state index contributed by atoms with van der Waals surface area (Å²) in [5, 5.41) is 16.7. The molecule has 0 bridgehead atoms. The SMILES string of the molecule is COCCn1cnnc1SCc1noc(-c2ccsc2)n1. The zero-order chi connectivity index (χ0) is 14.5. The Bertz CT molecular complexity index is 679. The number of nitrogens with zero attached hydrogens (tertiary/aromatic N) is 5. The van der Waals surface area contributed by atoms with Crippen LogP contribution in [0.5, 0.6) is 0 Å². The van der Waals surface area contributed by atoms with Gasteiger partial charge in [-0.3, -0.25) is 0 Å². The molecule has 0 spiro atoms. The molecule has 0 aliphatic rings. The van der Waals surface area contributed by atoms with Gasteiger partial charge in [-0.2, -0.15) is 16.3 Å². The van der Waals surface area contributed by atoms with E-state index in [2.05, 4.69) is 20.3 Å². The van der Waals surface area contributed by atoms with Gasteiger partial charge in [0.05, 0.1) is 17.9 Å². The molecule has 9 heteroatoms. The molecule has 0 saturated heterocycles. The lowest BCUT2D eigenvalue weighted by atomic mass is 10.3. The van der Waals surface area contributed by atoms with Crippen molar-refractivity contribution < 1.29 is 9.26 Å². The number of thioether (sulfide) groups is 1. The van der Waals surface area contributed by atoms with Gasteiger partial charge in [0.2, 0.25) is 0 Å². The van der Waals surface area contributed by atoms with Crippen molar-refractivity contribution in [1.29, 1.82) is 0 Å². The van der Waals surface area contributed by atoms with Crippen LogP contribution in [0.25, 0.3) is 11.5 Å². The Kier molecular flexibility index (Phi) is 4.63. The van der Waals surface area contributed by atoms with Gasteiger partial charge in [0, 0.05) is 19.0 Å². The van der Waals surface area contributed by atoms with E-state index in [1.54, 1.807) is 24.8 Å². The van der Waals surface area contributed by atoms with E-state index in [0.717, 1.165) is 17.3 Å². The van der Waals surface area contributed by atoms with E-state index in [0.29, 0.717) is 24.1 Å². The standard InChI is InChI=1S/C12H13N5O2S2/c1-18-4-3-17-8-13-15-12(17)21-7-10-14-11(19-16-10)9-2-5-20-6-9/h2,5-6,8H,3-4,7H2,1H3. The van der Waals surface area contributed by atoms with Crippen molar-refractivity contribution in [3.05, 3.63) is 29.0 Å². The van der Waals surface area contributed by atoms with Crippen LogP contribution in [0.15, 0.2) is 32.8 Å². The molecule has 0 aliphatic heterocycles. The minimum absolute atomic E-state index is 0.549. The molecule has 3 aromatic heterocycles. The maximum atomic E-state index is 5.24. The molecule has 21 heavy (non-hydrogen) atoms. The predicted molar refractivity (Wildman–Crippen MR) is 79.1 cm³/mol. The van der Waals surface area contributed by atoms with Crippen molar-refractivity contribution in [1.82, 2.24) is 24.9 Å². The van der Waals surface area contributed by atoms with Crippen molar-refractivity contribution in [2.75, 3.05) is 13.7 Å². The molecule has 7 nitrogen and oxygen atoms in total. The summed E-state index contributed by atoms with van der Waals surface area (Å²) < 4.78 is 12.2. The highest BCUT2D eigenvalue weighted by Crippen LogP contribution is 2.23. The fraction of sp³-hybridized carbons (Fsp3) is 0.333. The lowest BCUT2D eigenvalue weighted by molar-refractivity contribution is 0.184. The first-order valence-electron chi connectivity index (χ1n) is 6.21. The first-order valence-corrected chi connectivity index (χ1v) is 8.14. The van der Waals surface area contributed by atoms with Gasteiger partial charge in [0.15, 0.2) is 11.0 Å². The lowest BCUT2D eigenvalue weighted by Gasteiger charge is -2.03. The summed E-state index contributed by atoms with van der Waals surface area (Å²) in [6.07, 6.45) is 1.69. The third kappa shape index (κ3) is 3.49. The highest BCUT2D eigenvalue weighted by molar-refractivity contribution is 7.98. The summed E-state index contributed by atoms with van der Waals surface area (Å²) in [5.74, 6) is 1.77. The third-order valence-electron chi connectivity index (χ3n) is 2.68. The fourth-order valence-corrected chi connectivity index (χ4v) is 3.06. The number of hydrogen-bond donors (Lipinski definition) is 0. The molecule has 3 aromatic rings. The molecule has 0 unspecified atom stereocenters. The van der Waals surface area contributed by atoms with E-state index >= 15 is 0 Å². The van der Waals surface area contributed by atoms with E-state index in [9.17, 15) is 0 Å². The number of thiophene rings is 1. The molecule has 3 rings (SSSR count). The minimum atomic E-state index is 0.549. The molecule has 0 radical (unpaired) electrons. The molecule has 0 fully saturated rings. The van der Waals surface area contributed by atoms with Gasteiger partial charge < -0.3 is 13.8 Å². The molecule has 0 amide bonds. The van der Waals surface area contributed by atoms with E-state index in [4.69, 9.17) is 9.26 Å². The molecule has 0 N–H and O–H groups in total. The van der Waals surface area contributed by atoms with Gasteiger partial charge in [0.1, 0.15) is 6.33 Å². The van der Waals surface area contributed by atoms with E-state index in [1.807, 2.05) is 21.4 Å². The Labute approximate surface area is 129 Å². The summed E-state index contributed by atoms with van der Waals surface area (Å²) >= 11 is 3.12. The van der Waals surface area contributed by atoms with Gasteiger partial charge in [-0.1, -0.05) is 16.9 Å². The molecule has 0 atom stereocenters. The molecule has 0 aromatic carbocycles. The minimum Gasteiger partial charge on any atom is -0.383 e. The zero-order valence-corrected chi connectivity index (χ0v) is 12.9. The van der Waals surface area contributed by atoms with Crippen LogP contribution in [0.4, 0.5) is 0 Å². The molecular weight excluding hydrogens is 310 g/mol. The average Bonchev–Trinajstić information content (AvgIpc) is 3.22. The Morgan fingerprint density at radius 2 is 2.43 bits per heavy atom. The number of methoxy groups -OCH3 is 1. The molecule has 0 saturated carbocycles. The fourth-order valence-electron chi connectivity index (χ4n) is 1.64. The van der Waals surface area contributed by atoms with Gasteiger partial charge in [-0.05, 0) is 11.4 Å². The van der Waals surface area contributed by atoms with Crippen LogP contribution in [0.3, 0.4) is 0 Å². The molecule has 110 valence electrons. The first-order chi connectivity index (χ1) is 10.4. The van der Waals surface area contributed by atoms with Crippen LogP contribution in [-0.4, -0.2) is 38.6 Å². The van der Waals surface area contributed by atoms with Gasteiger partial charge >= 0.3 is 0 Å². The highest BCUT2D eigenvalue weighted by Gasteiger charge is 2.11. The Morgan fingerprint density at radius 1 is 1.48 bits per heavy atom. The van der Waals surface area contributed by atoms with Gasteiger partial charge in [-0.15, -0.1) is 10.2 Å². The second-order valence-corrected chi connectivity index (χ2v) is 5.84. The quantitative estimate of drug-likeness (QED) is 0.617. The average molecular weight is 323 g/mol. The summed E-state index contributed by atoms with van der Waals surface area (Å²) in [6.45, 7) is 1.34. The van der Waals surface area contributed by atoms with E-state index in [-0.39, 0.29) is 0 Å². The summed E-state index contributed by atoms with van der Waals surface area (Å²) in [4.78, 5) is 4.37. The van der Waals surface area contributed by atoms with Gasteiger partial charge in [-0.25, -0.2) is 0 Å². The van der Waals surface area contributed by atoms with Crippen LogP contribution in [0.1, 0.15) is 5.82 Å². The summed E-state index contributed by atoms with van der Waals surface area (Å²) in [7, 11) is 1.67. The topological polar surface area (TPSA) is 78.9 Å². The summed E-state index contributed by atoms with van der Waals surface area (Å²) in [5.41, 5.74) is 0.951. The molecular formula is C12H13N5O2S2. The monoisotopic (exact) mass is 323 g/mol. The normalized spacial score (nSPS) is 11.1. The van der Waals surface area contributed by atoms with Crippen molar-refractivity contribution in [3.8, 4) is 11.5 Å². The predicted octanol–water partition coefficient (Wildman–Crippen LogP) is 2.33. The van der Waals surface area contributed by atoms with E-state index in [1.165, 1.54) is 11.8 Å². The van der Waals surface area contributed by atoms with Crippen LogP contribution < -0.4 is 0 Å².